The van der Waals surface area contributed by atoms with Crippen LogP contribution in [-0.4, -0.2) is 61.8 Å². The SMILES string of the molecule is C=C(/C=C\C=C/N)COc1ccc(Nc2c(C#N)cnc3c2=CC(NC(=O)/C=C/CN(C)C)C(OCC)C=3)cc1Cl. The molecule has 41 heavy (non-hydrogen) atoms. The van der Waals surface area contributed by atoms with Gasteiger partial charge < -0.3 is 30.7 Å². The Bertz CT molecular complexity index is 1510. The molecule has 0 saturated heterocycles. The van der Waals surface area contributed by atoms with Gasteiger partial charge in [0.1, 0.15) is 24.5 Å². The van der Waals surface area contributed by atoms with Crippen LogP contribution in [0.1, 0.15) is 12.5 Å². The lowest BCUT2D eigenvalue weighted by atomic mass is 10.0. The Morgan fingerprint density at radius 3 is 2.78 bits per heavy atom. The molecule has 1 aromatic carbocycles. The van der Waals surface area contributed by atoms with E-state index in [9.17, 15) is 10.1 Å². The van der Waals surface area contributed by atoms with Crippen molar-refractivity contribution >= 4 is 41.0 Å². The van der Waals surface area contributed by atoms with E-state index in [-0.39, 0.29) is 12.5 Å². The van der Waals surface area contributed by atoms with E-state index in [0.29, 0.717) is 51.4 Å². The number of anilines is 2. The molecule has 0 aliphatic heterocycles. The number of halogens is 1. The van der Waals surface area contributed by atoms with Crippen LogP contribution >= 0.6 is 11.6 Å². The molecule has 0 fully saturated rings. The minimum Gasteiger partial charge on any atom is -0.487 e. The summed E-state index contributed by atoms with van der Waals surface area (Å²) >= 11 is 6.51. The Labute approximate surface area is 245 Å². The second-order valence-corrected chi connectivity index (χ2v) is 9.78. The van der Waals surface area contributed by atoms with Crippen molar-refractivity contribution in [1.29, 1.82) is 5.26 Å². The minimum absolute atomic E-state index is 0.245. The second-order valence-electron chi connectivity index (χ2n) is 9.37. The van der Waals surface area contributed by atoms with Gasteiger partial charge in [-0.25, -0.2) is 0 Å². The molecule has 0 spiro atoms. The van der Waals surface area contributed by atoms with Crippen molar-refractivity contribution in [2.24, 2.45) is 5.73 Å². The Morgan fingerprint density at radius 1 is 1.29 bits per heavy atom. The number of pyridine rings is 1. The molecule has 2 atom stereocenters. The predicted molar refractivity (Wildman–Crippen MR) is 164 cm³/mol. The van der Waals surface area contributed by atoms with Gasteiger partial charge in [0.2, 0.25) is 5.91 Å². The third kappa shape index (κ3) is 9.08. The molecule has 1 aromatic heterocycles. The molecule has 2 aromatic rings. The summed E-state index contributed by atoms with van der Waals surface area (Å²) in [7, 11) is 3.85. The number of hydrogen-bond acceptors (Lipinski definition) is 8. The topological polar surface area (TPSA) is 126 Å². The number of amides is 1. The van der Waals surface area contributed by atoms with Crippen molar-refractivity contribution in [3.05, 3.63) is 94.3 Å². The number of carbonyl (C=O) groups excluding carboxylic acids is 1. The number of likely N-dealkylation sites (N-methyl/N-ethyl adjacent to an activating group) is 1. The zero-order chi connectivity index (χ0) is 29.8. The highest BCUT2D eigenvalue weighted by atomic mass is 35.5. The minimum atomic E-state index is -0.475. The van der Waals surface area contributed by atoms with Crippen LogP contribution in [-0.2, 0) is 9.53 Å². The van der Waals surface area contributed by atoms with Crippen molar-refractivity contribution in [1.82, 2.24) is 15.2 Å². The molecule has 1 amide bonds. The highest BCUT2D eigenvalue weighted by Gasteiger charge is 2.24. The third-order valence-corrected chi connectivity index (χ3v) is 6.16. The van der Waals surface area contributed by atoms with Gasteiger partial charge in [-0.05, 0) is 69.2 Å². The molecular formula is C31H35ClN6O3. The van der Waals surface area contributed by atoms with Crippen LogP contribution in [0.5, 0.6) is 5.75 Å². The lowest BCUT2D eigenvalue weighted by Crippen LogP contribution is -2.49. The molecule has 9 nitrogen and oxygen atoms in total. The number of aromatic nitrogens is 1. The molecule has 0 saturated carbocycles. The summed E-state index contributed by atoms with van der Waals surface area (Å²) in [6.07, 6.45) is 14.8. The lowest BCUT2D eigenvalue weighted by molar-refractivity contribution is -0.117. The smallest absolute Gasteiger partial charge is 0.244 e. The summed E-state index contributed by atoms with van der Waals surface area (Å²) in [6, 6.07) is 6.98. The summed E-state index contributed by atoms with van der Waals surface area (Å²) in [6.45, 7) is 7.18. The number of benzene rings is 1. The van der Waals surface area contributed by atoms with Gasteiger partial charge >= 0.3 is 0 Å². The van der Waals surface area contributed by atoms with Gasteiger partial charge in [0.15, 0.2) is 0 Å². The van der Waals surface area contributed by atoms with Crippen LogP contribution in [0.25, 0.3) is 12.2 Å². The number of nitrogens with two attached hydrogens (primary N) is 1. The molecule has 0 radical (unpaired) electrons. The number of fused-ring (bicyclic) bond motifs is 1. The molecule has 3 rings (SSSR count). The maximum Gasteiger partial charge on any atom is 0.244 e. The normalized spacial score (nSPS) is 16.3. The van der Waals surface area contributed by atoms with Crippen LogP contribution < -0.4 is 31.7 Å². The summed E-state index contributed by atoms with van der Waals surface area (Å²) < 4.78 is 11.7. The first-order valence-corrected chi connectivity index (χ1v) is 13.4. The van der Waals surface area contributed by atoms with E-state index in [4.69, 9.17) is 26.8 Å². The summed E-state index contributed by atoms with van der Waals surface area (Å²) in [5, 5.41) is 17.9. The van der Waals surface area contributed by atoms with Crippen molar-refractivity contribution in [2.45, 2.75) is 19.1 Å². The number of nitriles is 1. The maximum absolute atomic E-state index is 12.7. The van der Waals surface area contributed by atoms with E-state index in [1.807, 2.05) is 38.1 Å². The molecule has 2 unspecified atom stereocenters. The van der Waals surface area contributed by atoms with Crippen LogP contribution in [0.2, 0.25) is 5.02 Å². The number of carbonyl (C=O) groups is 1. The Hall–Kier alpha value is -4.36. The van der Waals surface area contributed by atoms with E-state index in [1.165, 1.54) is 18.5 Å². The quantitative estimate of drug-likeness (QED) is 0.246. The molecule has 0 bridgehead atoms. The predicted octanol–water partition coefficient (Wildman–Crippen LogP) is 2.90. The highest BCUT2D eigenvalue weighted by molar-refractivity contribution is 6.32. The van der Waals surface area contributed by atoms with Gasteiger partial charge in [0.25, 0.3) is 0 Å². The molecule has 10 heteroatoms. The number of rotatable bonds is 13. The third-order valence-electron chi connectivity index (χ3n) is 5.87. The first-order valence-electron chi connectivity index (χ1n) is 13.0. The molecule has 4 N–H and O–H groups in total. The van der Waals surface area contributed by atoms with Gasteiger partial charge in [-0.1, -0.05) is 36.4 Å². The molecular weight excluding hydrogens is 540 g/mol. The highest BCUT2D eigenvalue weighted by Crippen LogP contribution is 2.29. The summed E-state index contributed by atoms with van der Waals surface area (Å²) in [5.41, 5.74) is 7.60. The van der Waals surface area contributed by atoms with E-state index < -0.39 is 12.1 Å². The Kier molecular flexibility index (Phi) is 11.7. The largest absolute Gasteiger partial charge is 0.487 e. The fourth-order valence-electron chi connectivity index (χ4n) is 3.96. The number of allylic oxidation sites excluding steroid dienone is 2. The van der Waals surface area contributed by atoms with Crippen LogP contribution in [0.15, 0.2) is 73.1 Å². The number of nitrogens with one attached hydrogen (secondary N) is 2. The summed E-state index contributed by atoms with van der Waals surface area (Å²) in [4.78, 5) is 19.1. The second kappa shape index (κ2) is 15.4. The molecule has 1 aliphatic carbocycles. The lowest BCUT2D eigenvalue weighted by Gasteiger charge is -2.25. The monoisotopic (exact) mass is 574 g/mol. The van der Waals surface area contributed by atoms with Crippen LogP contribution in [0.4, 0.5) is 11.4 Å². The summed E-state index contributed by atoms with van der Waals surface area (Å²) in [5.74, 6) is 0.243. The van der Waals surface area contributed by atoms with Gasteiger partial charge in [-0.2, -0.15) is 5.26 Å². The number of nitrogens with zero attached hydrogens (tertiary/aromatic N) is 3. The van der Waals surface area contributed by atoms with Gasteiger partial charge in [0, 0.05) is 36.3 Å². The van der Waals surface area contributed by atoms with Crippen molar-refractivity contribution in [2.75, 3.05) is 39.2 Å². The van der Waals surface area contributed by atoms with Gasteiger partial charge in [0.05, 0.1) is 27.7 Å². The average molecular weight is 575 g/mol. The first kappa shape index (κ1) is 31.2. The first-order chi connectivity index (χ1) is 19.7. The number of ether oxygens (including phenoxy) is 2. The van der Waals surface area contributed by atoms with Crippen molar-refractivity contribution in [3.8, 4) is 11.8 Å². The van der Waals surface area contributed by atoms with E-state index in [2.05, 4.69) is 28.3 Å². The van der Waals surface area contributed by atoms with Crippen molar-refractivity contribution < 1.29 is 14.3 Å². The van der Waals surface area contributed by atoms with Gasteiger partial charge in [-0.15, -0.1) is 0 Å². The Morgan fingerprint density at radius 2 is 2.10 bits per heavy atom. The van der Waals surface area contributed by atoms with E-state index in [1.54, 1.807) is 42.5 Å². The van der Waals surface area contributed by atoms with Crippen molar-refractivity contribution in [3.63, 3.8) is 0 Å². The molecule has 1 aliphatic rings. The average Bonchev–Trinajstić information content (AvgIpc) is 2.93. The fraction of sp³-hybridized carbons (Fsp3) is 0.258. The fourth-order valence-corrected chi connectivity index (χ4v) is 4.20. The molecule has 1 heterocycles. The van der Waals surface area contributed by atoms with Crippen LogP contribution in [0, 0.1) is 11.3 Å². The maximum atomic E-state index is 12.7. The standard InChI is InChI=1S/C31H35ClN6O3/c1-5-40-29-17-26-24(16-27(29)37-30(39)10-8-14-38(3)4)31(22(18-34)19-35-26)36-23-11-12-28(25(32)15-23)41-20-21(2)9-6-7-13-33/h6-13,15-17,19,27,29,36H,2,5,14,20,33H2,1,3-4H3,(H,37,39)/b9-6-,10-8+,13-7-. The zero-order valence-electron chi connectivity index (χ0n) is 23.4. The zero-order valence-corrected chi connectivity index (χ0v) is 24.2. The van der Waals surface area contributed by atoms with Crippen LogP contribution in [0.3, 0.4) is 0 Å². The van der Waals surface area contributed by atoms with E-state index in [0.717, 1.165) is 5.57 Å². The Balaban J connectivity index is 1.89. The van der Waals surface area contributed by atoms with Gasteiger partial charge in [-0.3, -0.25) is 9.78 Å². The molecule has 214 valence electrons. The van der Waals surface area contributed by atoms with E-state index >= 15 is 0 Å². The number of hydrogen-bond donors (Lipinski definition) is 3.